The smallest absolute Gasteiger partial charge is 0.409 e. The van der Waals surface area contributed by atoms with Gasteiger partial charge in [0, 0.05) is 37.9 Å². The number of carbonyl (C=O) groups excluding carboxylic acids is 1. The van der Waals surface area contributed by atoms with Crippen molar-refractivity contribution in [3.05, 3.63) is 35.9 Å². The molecule has 2 aromatic heterocycles. The summed E-state index contributed by atoms with van der Waals surface area (Å²) in [6.45, 7) is 7.36. The third-order valence-electron chi connectivity index (χ3n) is 3.97. The van der Waals surface area contributed by atoms with Crippen molar-refractivity contribution >= 4 is 17.9 Å². The van der Waals surface area contributed by atoms with E-state index in [1.165, 1.54) is 0 Å². The fraction of sp³-hybridized carbons (Fsp3) is 0.471. The number of piperazine rings is 1. The number of hydrogen-bond donors (Lipinski definition) is 1. The zero-order valence-corrected chi connectivity index (χ0v) is 14.6. The normalized spacial score (nSPS) is 14.5. The van der Waals surface area contributed by atoms with Gasteiger partial charge in [-0.1, -0.05) is 0 Å². The lowest BCUT2D eigenvalue weighted by molar-refractivity contribution is 0.105. The Labute approximate surface area is 146 Å². The maximum absolute atomic E-state index is 11.8. The van der Waals surface area contributed by atoms with Crippen LogP contribution in [0.1, 0.15) is 18.4 Å². The Balaban J connectivity index is 1.61. The molecule has 25 heavy (non-hydrogen) atoms. The SMILES string of the molecule is CCOC(=O)N1CCN(c2cc(C)nc(NCc3ccco3)n2)CC1. The van der Waals surface area contributed by atoms with E-state index < -0.39 is 0 Å². The van der Waals surface area contributed by atoms with Crippen LogP contribution in [0.3, 0.4) is 0 Å². The van der Waals surface area contributed by atoms with Gasteiger partial charge in [-0.15, -0.1) is 0 Å². The molecule has 1 aliphatic heterocycles. The summed E-state index contributed by atoms with van der Waals surface area (Å²) in [7, 11) is 0. The van der Waals surface area contributed by atoms with Crippen LogP contribution in [-0.2, 0) is 11.3 Å². The van der Waals surface area contributed by atoms with Crippen LogP contribution in [0.5, 0.6) is 0 Å². The molecule has 1 N–H and O–H groups in total. The highest BCUT2D eigenvalue weighted by atomic mass is 16.6. The van der Waals surface area contributed by atoms with E-state index in [-0.39, 0.29) is 6.09 Å². The summed E-state index contributed by atoms with van der Waals surface area (Å²) in [4.78, 5) is 24.7. The number of hydrogen-bond acceptors (Lipinski definition) is 7. The van der Waals surface area contributed by atoms with E-state index in [0.717, 1.165) is 17.3 Å². The van der Waals surface area contributed by atoms with E-state index in [2.05, 4.69) is 20.2 Å². The zero-order valence-electron chi connectivity index (χ0n) is 14.6. The van der Waals surface area contributed by atoms with Crippen molar-refractivity contribution < 1.29 is 13.9 Å². The average molecular weight is 345 g/mol. The van der Waals surface area contributed by atoms with Gasteiger partial charge in [-0.25, -0.2) is 9.78 Å². The minimum absolute atomic E-state index is 0.248. The third kappa shape index (κ3) is 4.40. The molecule has 3 heterocycles. The van der Waals surface area contributed by atoms with Gasteiger partial charge in [-0.3, -0.25) is 0 Å². The minimum atomic E-state index is -0.248. The molecule has 3 rings (SSSR count). The fourth-order valence-electron chi connectivity index (χ4n) is 2.71. The largest absolute Gasteiger partial charge is 0.467 e. The summed E-state index contributed by atoms with van der Waals surface area (Å²) >= 11 is 0. The number of furan rings is 1. The molecule has 0 spiro atoms. The lowest BCUT2D eigenvalue weighted by Crippen LogP contribution is -2.49. The van der Waals surface area contributed by atoms with Crippen molar-refractivity contribution in [3.63, 3.8) is 0 Å². The summed E-state index contributed by atoms with van der Waals surface area (Å²) < 4.78 is 10.4. The predicted octanol–water partition coefficient (Wildman–Crippen LogP) is 2.27. The van der Waals surface area contributed by atoms with E-state index in [0.29, 0.717) is 45.3 Å². The van der Waals surface area contributed by atoms with Crippen molar-refractivity contribution in [3.8, 4) is 0 Å². The van der Waals surface area contributed by atoms with Crippen LogP contribution in [0.4, 0.5) is 16.6 Å². The number of aryl methyl sites for hydroxylation is 1. The molecule has 1 saturated heterocycles. The Hall–Kier alpha value is -2.77. The van der Waals surface area contributed by atoms with Gasteiger partial charge in [0.1, 0.15) is 11.6 Å². The van der Waals surface area contributed by atoms with Crippen molar-refractivity contribution in [2.24, 2.45) is 0 Å². The van der Waals surface area contributed by atoms with Crippen LogP contribution in [0.25, 0.3) is 0 Å². The fourth-order valence-corrected chi connectivity index (χ4v) is 2.71. The molecule has 0 aromatic carbocycles. The number of aromatic nitrogens is 2. The molecule has 1 amide bonds. The number of anilines is 2. The third-order valence-corrected chi connectivity index (χ3v) is 3.97. The first-order chi connectivity index (χ1) is 12.2. The summed E-state index contributed by atoms with van der Waals surface area (Å²) in [5.41, 5.74) is 0.889. The topological polar surface area (TPSA) is 83.7 Å². The highest BCUT2D eigenvalue weighted by molar-refractivity contribution is 5.68. The van der Waals surface area contributed by atoms with Gasteiger partial charge in [0.25, 0.3) is 0 Å². The Morgan fingerprint density at radius 1 is 1.32 bits per heavy atom. The van der Waals surface area contributed by atoms with Crippen LogP contribution < -0.4 is 10.2 Å². The Kier molecular flexibility index (Phi) is 5.37. The first-order valence-corrected chi connectivity index (χ1v) is 8.44. The van der Waals surface area contributed by atoms with Crippen molar-refractivity contribution in [1.29, 1.82) is 0 Å². The van der Waals surface area contributed by atoms with Crippen molar-refractivity contribution in [2.75, 3.05) is 43.0 Å². The number of amides is 1. The highest BCUT2D eigenvalue weighted by Crippen LogP contribution is 2.18. The molecule has 0 bridgehead atoms. The summed E-state index contributed by atoms with van der Waals surface area (Å²) in [6.07, 6.45) is 1.39. The van der Waals surface area contributed by atoms with Gasteiger partial charge in [0.2, 0.25) is 5.95 Å². The first kappa shape index (κ1) is 17.1. The number of nitrogens with zero attached hydrogens (tertiary/aromatic N) is 4. The molecule has 1 fully saturated rings. The number of carbonyl (C=O) groups is 1. The predicted molar refractivity (Wildman–Crippen MR) is 93.6 cm³/mol. The molecule has 0 saturated carbocycles. The molecule has 8 heteroatoms. The Morgan fingerprint density at radius 2 is 2.12 bits per heavy atom. The monoisotopic (exact) mass is 345 g/mol. The quantitative estimate of drug-likeness (QED) is 0.890. The molecule has 0 atom stereocenters. The lowest BCUT2D eigenvalue weighted by Gasteiger charge is -2.34. The molecule has 134 valence electrons. The van der Waals surface area contributed by atoms with E-state index in [1.54, 1.807) is 11.2 Å². The van der Waals surface area contributed by atoms with Crippen LogP contribution in [0.15, 0.2) is 28.9 Å². The highest BCUT2D eigenvalue weighted by Gasteiger charge is 2.23. The second kappa shape index (κ2) is 7.87. The van der Waals surface area contributed by atoms with Gasteiger partial charge in [-0.2, -0.15) is 4.98 Å². The van der Waals surface area contributed by atoms with Crippen molar-refractivity contribution in [1.82, 2.24) is 14.9 Å². The van der Waals surface area contributed by atoms with Crippen molar-refractivity contribution in [2.45, 2.75) is 20.4 Å². The number of rotatable bonds is 5. The molecular weight excluding hydrogens is 322 g/mol. The van der Waals surface area contributed by atoms with Gasteiger partial charge < -0.3 is 24.3 Å². The molecule has 0 aliphatic carbocycles. The van der Waals surface area contributed by atoms with Crippen LogP contribution >= 0.6 is 0 Å². The van der Waals surface area contributed by atoms with Crippen LogP contribution in [0, 0.1) is 6.92 Å². The Morgan fingerprint density at radius 3 is 2.80 bits per heavy atom. The number of ether oxygens (including phenoxy) is 1. The molecular formula is C17H23N5O3. The molecule has 8 nitrogen and oxygen atoms in total. The van der Waals surface area contributed by atoms with E-state index in [1.807, 2.05) is 32.0 Å². The van der Waals surface area contributed by atoms with Gasteiger partial charge >= 0.3 is 6.09 Å². The lowest BCUT2D eigenvalue weighted by atomic mass is 10.3. The molecule has 0 unspecified atom stereocenters. The average Bonchev–Trinajstić information content (AvgIpc) is 3.13. The molecule has 1 aliphatic rings. The van der Waals surface area contributed by atoms with Gasteiger partial charge in [-0.05, 0) is 26.0 Å². The van der Waals surface area contributed by atoms with E-state index in [9.17, 15) is 4.79 Å². The summed E-state index contributed by atoms with van der Waals surface area (Å²) in [5, 5.41) is 3.18. The van der Waals surface area contributed by atoms with E-state index >= 15 is 0 Å². The van der Waals surface area contributed by atoms with Crippen LogP contribution in [0.2, 0.25) is 0 Å². The maximum atomic E-state index is 11.8. The molecule has 2 aromatic rings. The van der Waals surface area contributed by atoms with E-state index in [4.69, 9.17) is 9.15 Å². The number of nitrogens with one attached hydrogen (secondary N) is 1. The standard InChI is InChI=1S/C17H23N5O3/c1-3-24-17(23)22-8-6-21(7-9-22)15-11-13(2)19-16(20-15)18-12-14-5-4-10-25-14/h4-5,10-11H,3,6-9,12H2,1-2H3,(H,18,19,20). The van der Waals surface area contributed by atoms with Gasteiger partial charge in [0.15, 0.2) is 0 Å². The second-order valence-corrected chi connectivity index (χ2v) is 5.80. The molecule has 0 radical (unpaired) electrons. The summed E-state index contributed by atoms with van der Waals surface area (Å²) in [5.74, 6) is 2.26. The zero-order chi connectivity index (χ0) is 17.6. The Bertz CT molecular complexity index is 696. The second-order valence-electron chi connectivity index (χ2n) is 5.80. The van der Waals surface area contributed by atoms with Crippen LogP contribution in [-0.4, -0.2) is 53.7 Å². The minimum Gasteiger partial charge on any atom is -0.467 e. The maximum Gasteiger partial charge on any atom is 0.409 e. The first-order valence-electron chi connectivity index (χ1n) is 8.44. The van der Waals surface area contributed by atoms with Gasteiger partial charge in [0.05, 0.1) is 19.4 Å². The summed E-state index contributed by atoms with van der Waals surface area (Å²) in [6, 6.07) is 5.71.